The van der Waals surface area contributed by atoms with Crippen molar-refractivity contribution in [1.29, 1.82) is 0 Å². The quantitative estimate of drug-likeness (QED) is 0.895. The average Bonchev–Trinajstić information content (AvgIpc) is 2.63. The molecular weight excluding hydrogens is 311 g/mol. The minimum Gasteiger partial charge on any atom is -0.378 e. The van der Waals surface area contributed by atoms with E-state index in [2.05, 4.69) is 20.2 Å². The summed E-state index contributed by atoms with van der Waals surface area (Å²) < 4.78 is 18.9. The minimum absolute atomic E-state index is 0.00414. The second-order valence-electron chi connectivity index (χ2n) is 5.48. The fraction of sp³-hybridized carbons (Fsp3) is 0.353. The number of hydrogen-bond donors (Lipinski definition) is 1. The number of hydrogen-bond acceptors (Lipinski definition) is 5. The molecule has 0 radical (unpaired) electrons. The van der Waals surface area contributed by atoms with Crippen LogP contribution in [0.1, 0.15) is 11.4 Å². The Labute approximate surface area is 139 Å². The van der Waals surface area contributed by atoms with Crippen LogP contribution in [0, 0.1) is 5.82 Å². The SMILES string of the molecule is O=C(Cc1ccccc1F)NCc1nccc(N2CCOCC2)n1. The summed E-state index contributed by atoms with van der Waals surface area (Å²) in [4.78, 5) is 22.7. The van der Waals surface area contributed by atoms with Crippen molar-refractivity contribution in [2.45, 2.75) is 13.0 Å². The fourth-order valence-corrected chi connectivity index (χ4v) is 2.50. The lowest BCUT2D eigenvalue weighted by atomic mass is 10.1. The van der Waals surface area contributed by atoms with Crippen LogP contribution in [0.4, 0.5) is 10.2 Å². The van der Waals surface area contributed by atoms with Gasteiger partial charge in [0.05, 0.1) is 26.2 Å². The zero-order valence-corrected chi connectivity index (χ0v) is 13.2. The fourth-order valence-electron chi connectivity index (χ4n) is 2.50. The Morgan fingerprint density at radius 3 is 2.83 bits per heavy atom. The monoisotopic (exact) mass is 330 g/mol. The molecule has 1 aliphatic rings. The van der Waals surface area contributed by atoms with E-state index < -0.39 is 0 Å². The van der Waals surface area contributed by atoms with E-state index in [1.807, 2.05) is 6.07 Å². The van der Waals surface area contributed by atoms with E-state index in [1.165, 1.54) is 6.07 Å². The van der Waals surface area contributed by atoms with Gasteiger partial charge in [-0.25, -0.2) is 14.4 Å². The molecular formula is C17H19FN4O2. The normalized spacial score (nSPS) is 14.5. The predicted molar refractivity (Wildman–Crippen MR) is 87.0 cm³/mol. The van der Waals surface area contributed by atoms with E-state index in [1.54, 1.807) is 24.4 Å². The molecule has 0 saturated carbocycles. The number of carbonyl (C=O) groups excluding carboxylic acids is 1. The first-order chi connectivity index (χ1) is 11.7. The highest BCUT2D eigenvalue weighted by Crippen LogP contribution is 2.12. The van der Waals surface area contributed by atoms with Crippen LogP contribution in [0.3, 0.4) is 0 Å². The third kappa shape index (κ3) is 4.26. The maximum Gasteiger partial charge on any atom is 0.224 e. The highest BCUT2D eigenvalue weighted by Gasteiger charge is 2.13. The summed E-state index contributed by atoms with van der Waals surface area (Å²) in [6, 6.07) is 8.10. The van der Waals surface area contributed by atoms with Gasteiger partial charge in [-0.3, -0.25) is 4.79 Å². The van der Waals surface area contributed by atoms with Crippen LogP contribution >= 0.6 is 0 Å². The Morgan fingerprint density at radius 2 is 2.04 bits per heavy atom. The zero-order chi connectivity index (χ0) is 16.8. The Kier molecular flexibility index (Phi) is 5.32. The molecule has 6 nitrogen and oxygen atoms in total. The van der Waals surface area contributed by atoms with Crippen molar-refractivity contribution in [3.05, 3.63) is 53.7 Å². The molecule has 0 aliphatic carbocycles. The van der Waals surface area contributed by atoms with Crippen LogP contribution < -0.4 is 10.2 Å². The van der Waals surface area contributed by atoms with Gasteiger partial charge in [-0.05, 0) is 17.7 Å². The highest BCUT2D eigenvalue weighted by atomic mass is 19.1. The molecule has 1 N–H and O–H groups in total. The van der Waals surface area contributed by atoms with Crippen molar-refractivity contribution in [1.82, 2.24) is 15.3 Å². The molecule has 1 aromatic heterocycles. The Hall–Kier alpha value is -2.54. The summed E-state index contributed by atoms with van der Waals surface area (Å²) in [6.07, 6.45) is 1.67. The molecule has 7 heteroatoms. The van der Waals surface area contributed by atoms with Gasteiger partial charge >= 0.3 is 0 Å². The molecule has 1 saturated heterocycles. The van der Waals surface area contributed by atoms with E-state index in [-0.39, 0.29) is 24.7 Å². The van der Waals surface area contributed by atoms with Crippen LogP contribution in [0.15, 0.2) is 36.5 Å². The molecule has 0 bridgehead atoms. The smallest absolute Gasteiger partial charge is 0.224 e. The summed E-state index contributed by atoms with van der Waals surface area (Å²) in [5.74, 6) is 0.714. The number of rotatable bonds is 5. The third-order valence-electron chi connectivity index (χ3n) is 3.78. The third-order valence-corrected chi connectivity index (χ3v) is 3.78. The van der Waals surface area contributed by atoms with Crippen molar-refractivity contribution in [2.75, 3.05) is 31.2 Å². The lowest BCUT2D eigenvalue weighted by Gasteiger charge is -2.27. The van der Waals surface area contributed by atoms with Gasteiger partial charge in [0, 0.05) is 19.3 Å². The first-order valence-corrected chi connectivity index (χ1v) is 7.87. The van der Waals surface area contributed by atoms with Crippen LogP contribution in [-0.2, 0) is 22.5 Å². The first-order valence-electron chi connectivity index (χ1n) is 7.87. The van der Waals surface area contributed by atoms with E-state index in [4.69, 9.17) is 4.74 Å². The van der Waals surface area contributed by atoms with Gasteiger partial charge in [-0.2, -0.15) is 0 Å². The second kappa shape index (κ2) is 7.83. The molecule has 2 heterocycles. The van der Waals surface area contributed by atoms with E-state index in [0.29, 0.717) is 24.6 Å². The maximum absolute atomic E-state index is 13.6. The van der Waals surface area contributed by atoms with E-state index in [0.717, 1.165) is 18.9 Å². The van der Waals surface area contributed by atoms with Crippen molar-refractivity contribution in [3.8, 4) is 0 Å². The number of morpholine rings is 1. The molecule has 1 aliphatic heterocycles. The molecule has 2 aromatic rings. The maximum atomic E-state index is 13.6. The molecule has 0 spiro atoms. The van der Waals surface area contributed by atoms with Crippen LogP contribution in [0.25, 0.3) is 0 Å². The second-order valence-corrected chi connectivity index (χ2v) is 5.48. The number of nitrogens with one attached hydrogen (secondary N) is 1. The molecule has 1 fully saturated rings. The Morgan fingerprint density at radius 1 is 1.25 bits per heavy atom. The average molecular weight is 330 g/mol. The van der Waals surface area contributed by atoms with Gasteiger partial charge in [-0.15, -0.1) is 0 Å². The van der Waals surface area contributed by atoms with Crippen LogP contribution in [-0.4, -0.2) is 42.2 Å². The Bertz CT molecular complexity index is 704. The number of amides is 1. The molecule has 1 amide bonds. The zero-order valence-electron chi connectivity index (χ0n) is 13.2. The topological polar surface area (TPSA) is 67.4 Å². The van der Waals surface area contributed by atoms with Crippen molar-refractivity contribution in [3.63, 3.8) is 0 Å². The number of halogens is 1. The van der Waals surface area contributed by atoms with Gasteiger partial charge in [0.1, 0.15) is 17.5 Å². The lowest BCUT2D eigenvalue weighted by Crippen LogP contribution is -2.37. The summed E-state index contributed by atoms with van der Waals surface area (Å²) in [7, 11) is 0. The summed E-state index contributed by atoms with van der Waals surface area (Å²) in [5.41, 5.74) is 0.373. The molecule has 24 heavy (non-hydrogen) atoms. The largest absolute Gasteiger partial charge is 0.378 e. The van der Waals surface area contributed by atoms with Gasteiger partial charge in [-0.1, -0.05) is 18.2 Å². The lowest BCUT2D eigenvalue weighted by molar-refractivity contribution is -0.120. The molecule has 0 atom stereocenters. The first kappa shape index (κ1) is 16.3. The molecule has 3 rings (SSSR count). The molecule has 1 aromatic carbocycles. The van der Waals surface area contributed by atoms with Gasteiger partial charge in [0.15, 0.2) is 0 Å². The predicted octanol–water partition coefficient (Wildman–Crippen LogP) is 1.31. The van der Waals surface area contributed by atoms with Crippen molar-refractivity contribution < 1.29 is 13.9 Å². The standard InChI is InChI=1S/C17H19FN4O2/c18-14-4-2-1-3-13(14)11-17(23)20-12-15-19-6-5-16(21-15)22-7-9-24-10-8-22/h1-6H,7-12H2,(H,20,23). The molecule has 0 unspecified atom stereocenters. The summed E-state index contributed by atoms with van der Waals surface area (Å²) >= 11 is 0. The number of benzene rings is 1. The van der Waals surface area contributed by atoms with Crippen LogP contribution in [0.2, 0.25) is 0 Å². The Balaban J connectivity index is 1.56. The van der Waals surface area contributed by atoms with E-state index >= 15 is 0 Å². The summed E-state index contributed by atoms with van der Waals surface area (Å²) in [5, 5.41) is 2.73. The molecule has 126 valence electrons. The number of carbonyl (C=O) groups is 1. The number of nitrogens with zero attached hydrogens (tertiary/aromatic N) is 3. The van der Waals surface area contributed by atoms with Gasteiger partial charge in [0.25, 0.3) is 0 Å². The number of anilines is 1. The van der Waals surface area contributed by atoms with Gasteiger partial charge in [0.2, 0.25) is 5.91 Å². The van der Waals surface area contributed by atoms with Gasteiger partial charge < -0.3 is 15.0 Å². The summed E-state index contributed by atoms with van der Waals surface area (Å²) in [6.45, 7) is 3.15. The minimum atomic E-state index is -0.377. The van der Waals surface area contributed by atoms with Crippen molar-refractivity contribution >= 4 is 11.7 Å². The van der Waals surface area contributed by atoms with Crippen molar-refractivity contribution in [2.24, 2.45) is 0 Å². The van der Waals surface area contributed by atoms with Crippen LogP contribution in [0.5, 0.6) is 0 Å². The number of ether oxygens (including phenoxy) is 1. The highest BCUT2D eigenvalue weighted by molar-refractivity contribution is 5.78. The number of aromatic nitrogens is 2. The van der Waals surface area contributed by atoms with E-state index in [9.17, 15) is 9.18 Å².